The Bertz CT molecular complexity index is 436. The van der Waals surface area contributed by atoms with Crippen molar-refractivity contribution in [3.8, 4) is 5.75 Å². The smallest absolute Gasteiger partial charge is 0.253 e. The molecule has 1 fully saturated rings. The predicted molar refractivity (Wildman–Crippen MR) is 75.3 cm³/mol. The van der Waals surface area contributed by atoms with Crippen molar-refractivity contribution >= 4 is 5.91 Å². The minimum absolute atomic E-state index is 0.0558. The second kappa shape index (κ2) is 5.61. The molecule has 1 aromatic rings. The molecule has 0 aliphatic carbocycles. The molecule has 19 heavy (non-hydrogen) atoms. The summed E-state index contributed by atoms with van der Waals surface area (Å²) in [7, 11) is 0. The lowest BCUT2D eigenvalue weighted by molar-refractivity contribution is 0.0386. The molecule has 1 aliphatic rings. The summed E-state index contributed by atoms with van der Waals surface area (Å²) in [6.45, 7) is 6.01. The van der Waals surface area contributed by atoms with E-state index in [1.54, 1.807) is 0 Å². The molecule has 0 aromatic heterocycles. The van der Waals surface area contributed by atoms with Gasteiger partial charge in [-0.3, -0.25) is 4.79 Å². The molecule has 104 valence electrons. The van der Waals surface area contributed by atoms with Crippen molar-refractivity contribution in [3.05, 3.63) is 29.8 Å². The maximum atomic E-state index is 12.2. The first kappa shape index (κ1) is 13.9. The van der Waals surface area contributed by atoms with E-state index in [0.717, 1.165) is 18.6 Å². The van der Waals surface area contributed by atoms with Crippen LogP contribution in [-0.2, 0) is 0 Å². The van der Waals surface area contributed by atoms with Crippen LogP contribution >= 0.6 is 0 Å². The summed E-state index contributed by atoms with van der Waals surface area (Å²) in [5, 5.41) is 0. The van der Waals surface area contributed by atoms with Gasteiger partial charge < -0.3 is 15.4 Å². The molecule has 1 saturated heterocycles. The van der Waals surface area contributed by atoms with E-state index in [2.05, 4.69) is 6.92 Å². The zero-order valence-electron chi connectivity index (χ0n) is 11.7. The average molecular weight is 262 g/mol. The molecule has 0 bridgehead atoms. The van der Waals surface area contributed by atoms with Gasteiger partial charge in [0.1, 0.15) is 5.75 Å². The number of rotatable bonds is 5. The molecule has 4 nitrogen and oxygen atoms in total. The van der Waals surface area contributed by atoms with Crippen LogP contribution in [0.4, 0.5) is 0 Å². The van der Waals surface area contributed by atoms with Gasteiger partial charge in [-0.2, -0.15) is 0 Å². The summed E-state index contributed by atoms with van der Waals surface area (Å²) in [5.41, 5.74) is 6.69. The molecule has 2 rings (SSSR count). The van der Waals surface area contributed by atoms with Crippen LogP contribution in [0.3, 0.4) is 0 Å². The van der Waals surface area contributed by atoms with Crippen molar-refractivity contribution in [1.29, 1.82) is 0 Å². The topological polar surface area (TPSA) is 55.6 Å². The van der Waals surface area contributed by atoms with E-state index in [9.17, 15) is 4.79 Å². The SMILES string of the molecule is CCCC1(N)CN(C(=O)c2ccc(OCC)cc2)C1. The molecular weight excluding hydrogens is 240 g/mol. The molecule has 0 saturated carbocycles. The van der Waals surface area contributed by atoms with Gasteiger partial charge in [0.15, 0.2) is 0 Å². The van der Waals surface area contributed by atoms with Gasteiger partial charge in [-0.05, 0) is 37.6 Å². The first-order valence-electron chi connectivity index (χ1n) is 6.89. The van der Waals surface area contributed by atoms with E-state index >= 15 is 0 Å². The fraction of sp³-hybridized carbons (Fsp3) is 0.533. The number of amides is 1. The van der Waals surface area contributed by atoms with Crippen LogP contribution in [0.25, 0.3) is 0 Å². The van der Waals surface area contributed by atoms with E-state index in [4.69, 9.17) is 10.5 Å². The van der Waals surface area contributed by atoms with Gasteiger partial charge in [0.2, 0.25) is 0 Å². The summed E-state index contributed by atoms with van der Waals surface area (Å²) in [4.78, 5) is 14.0. The van der Waals surface area contributed by atoms with Crippen molar-refractivity contribution < 1.29 is 9.53 Å². The summed E-state index contributed by atoms with van der Waals surface area (Å²) in [5.74, 6) is 0.849. The van der Waals surface area contributed by atoms with Gasteiger partial charge in [0.05, 0.1) is 12.1 Å². The summed E-state index contributed by atoms with van der Waals surface area (Å²) in [6.07, 6.45) is 2.03. The zero-order valence-corrected chi connectivity index (χ0v) is 11.7. The van der Waals surface area contributed by atoms with Crippen LogP contribution in [0.1, 0.15) is 37.0 Å². The van der Waals surface area contributed by atoms with Gasteiger partial charge >= 0.3 is 0 Å². The lowest BCUT2D eigenvalue weighted by Gasteiger charge is -2.47. The highest BCUT2D eigenvalue weighted by Gasteiger charge is 2.41. The van der Waals surface area contributed by atoms with Crippen molar-refractivity contribution in [2.45, 2.75) is 32.2 Å². The largest absolute Gasteiger partial charge is 0.494 e. The first-order valence-corrected chi connectivity index (χ1v) is 6.89. The molecule has 1 amide bonds. The highest BCUT2D eigenvalue weighted by atomic mass is 16.5. The molecule has 1 aromatic carbocycles. The lowest BCUT2D eigenvalue weighted by atomic mass is 9.86. The molecule has 0 atom stereocenters. The number of carbonyl (C=O) groups is 1. The summed E-state index contributed by atoms with van der Waals surface area (Å²) < 4.78 is 5.36. The Morgan fingerprint density at radius 2 is 1.95 bits per heavy atom. The second-order valence-electron chi connectivity index (χ2n) is 5.23. The van der Waals surface area contributed by atoms with Crippen molar-refractivity contribution in [3.63, 3.8) is 0 Å². The highest BCUT2D eigenvalue weighted by Crippen LogP contribution is 2.25. The number of hydrogen-bond donors (Lipinski definition) is 1. The molecule has 0 spiro atoms. The monoisotopic (exact) mass is 262 g/mol. The summed E-state index contributed by atoms with van der Waals surface area (Å²) >= 11 is 0. The molecule has 0 unspecified atom stereocenters. The van der Waals surface area contributed by atoms with Gasteiger partial charge in [-0.1, -0.05) is 13.3 Å². The maximum absolute atomic E-state index is 12.2. The van der Waals surface area contributed by atoms with E-state index in [1.807, 2.05) is 36.1 Å². The zero-order chi connectivity index (χ0) is 13.9. The van der Waals surface area contributed by atoms with E-state index in [0.29, 0.717) is 25.3 Å². The van der Waals surface area contributed by atoms with Crippen LogP contribution in [0, 0.1) is 0 Å². The minimum Gasteiger partial charge on any atom is -0.494 e. The Kier molecular flexibility index (Phi) is 4.10. The molecule has 1 aliphatic heterocycles. The first-order chi connectivity index (χ1) is 9.08. The number of carbonyl (C=O) groups excluding carboxylic acids is 1. The number of hydrogen-bond acceptors (Lipinski definition) is 3. The number of ether oxygens (including phenoxy) is 1. The number of likely N-dealkylation sites (tertiary alicyclic amines) is 1. The third-order valence-corrected chi connectivity index (χ3v) is 3.46. The Labute approximate surface area is 114 Å². The normalized spacial score (nSPS) is 16.9. The molecule has 2 N–H and O–H groups in total. The molecule has 0 radical (unpaired) electrons. The van der Waals surface area contributed by atoms with E-state index in [1.165, 1.54) is 0 Å². The average Bonchev–Trinajstić information content (AvgIpc) is 2.36. The molecule has 1 heterocycles. The number of nitrogens with zero attached hydrogens (tertiary/aromatic N) is 1. The van der Waals surface area contributed by atoms with Gasteiger partial charge in [-0.15, -0.1) is 0 Å². The molecular formula is C15H22N2O2. The maximum Gasteiger partial charge on any atom is 0.253 e. The van der Waals surface area contributed by atoms with Crippen molar-refractivity contribution in [2.75, 3.05) is 19.7 Å². The second-order valence-corrected chi connectivity index (χ2v) is 5.23. The standard InChI is InChI=1S/C15H22N2O2/c1-3-9-15(16)10-17(11-15)14(18)12-5-7-13(8-6-12)19-4-2/h5-8H,3-4,9-11,16H2,1-2H3. The summed E-state index contributed by atoms with van der Waals surface area (Å²) in [6, 6.07) is 7.28. The van der Waals surface area contributed by atoms with E-state index < -0.39 is 0 Å². The third kappa shape index (κ3) is 3.07. The third-order valence-electron chi connectivity index (χ3n) is 3.46. The van der Waals surface area contributed by atoms with Crippen LogP contribution in [0.5, 0.6) is 5.75 Å². The Hall–Kier alpha value is -1.55. The predicted octanol–water partition coefficient (Wildman–Crippen LogP) is 2.04. The number of benzene rings is 1. The Morgan fingerprint density at radius 1 is 1.32 bits per heavy atom. The molecule has 4 heteroatoms. The van der Waals surface area contributed by atoms with Crippen molar-refractivity contribution in [2.24, 2.45) is 5.73 Å². The Morgan fingerprint density at radius 3 is 2.47 bits per heavy atom. The Balaban J connectivity index is 1.94. The van der Waals surface area contributed by atoms with Crippen LogP contribution in [0.15, 0.2) is 24.3 Å². The fourth-order valence-electron chi connectivity index (χ4n) is 2.56. The van der Waals surface area contributed by atoms with Crippen LogP contribution in [-0.4, -0.2) is 36.0 Å². The van der Waals surface area contributed by atoms with Crippen LogP contribution < -0.4 is 10.5 Å². The minimum atomic E-state index is -0.171. The number of nitrogens with two attached hydrogens (primary N) is 1. The highest BCUT2D eigenvalue weighted by molar-refractivity contribution is 5.95. The fourth-order valence-corrected chi connectivity index (χ4v) is 2.56. The van der Waals surface area contributed by atoms with Gasteiger partial charge in [0.25, 0.3) is 5.91 Å². The van der Waals surface area contributed by atoms with E-state index in [-0.39, 0.29) is 11.4 Å². The van der Waals surface area contributed by atoms with Crippen LogP contribution in [0.2, 0.25) is 0 Å². The van der Waals surface area contributed by atoms with Crippen molar-refractivity contribution in [1.82, 2.24) is 4.90 Å². The lowest BCUT2D eigenvalue weighted by Crippen LogP contribution is -2.68. The quantitative estimate of drug-likeness (QED) is 0.883. The van der Waals surface area contributed by atoms with Gasteiger partial charge in [-0.25, -0.2) is 0 Å². The van der Waals surface area contributed by atoms with Gasteiger partial charge in [0, 0.05) is 18.7 Å².